The van der Waals surface area contributed by atoms with E-state index in [9.17, 15) is 27.6 Å². The summed E-state index contributed by atoms with van der Waals surface area (Å²) in [6, 6.07) is 3.63. The summed E-state index contributed by atoms with van der Waals surface area (Å²) in [4.78, 5) is 38.0. The number of allylic oxidation sites excluding steroid dienone is 1. The van der Waals surface area contributed by atoms with Gasteiger partial charge in [-0.15, -0.1) is 0 Å². The largest absolute Gasteiger partial charge is 0.416 e. The topological polar surface area (TPSA) is 77.2 Å². The Morgan fingerprint density at radius 1 is 1.15 bits per heavy atom. The first-order valence-electron chi connectivity index (χ1n) is 7.29. The summed E-state index contributed by atoms with van der Waals surface area (Å²) >= 11 is 0. The van der Waals surface area contributed by atoms with Gasteiger partial charge in [0.05, 0.1) is 11.3 Å². The number of nitrogens with zero attached hydrogens (tertiary/aromatic N) is 4. The second-order valence-corrected chi connectivity index (χ2v) is 5.60. The van der Waals surface area contributed by atoms with Gasteiger partial charge in [0.25, 0.3) is 5.56 Å². The minimum Gasteiger partial charge on any atom is -0.383 e. The maximum Gasteiger partial charge on any atom is 0.416 e. The summed E-state index contributed by atoms with van der Waals surface area (Å²) in [5.74, 6) is -0.736. The summed E-state index contributed by atoms with van der Waals surface area (Å²) in [7, 11) is 4.48. The number of aromatic nitrogens is 3. The van der Waals surface area contributed by atoms with Gasteiger partial charge in [-0.05, 0) is 24.3 Å². The molecule has 0 aliphatic heterocycles. The average Bonchev–Trinajstić information content (AvgIpc) is 2.57. The van der Waals surface area contributed by atoms with Gasteiger partial charge in [0.15, 0.2) is 5.69 Å². The lowest BCUT2D eigenvalue weighted by atomic mass is 10.2. The van der Waals surface area contributed by atoms with Crippen LogP contribution in [0.1, 0.15) is 16.1 Å². The maximum absolute atomic E-state index is 12.7. The highest BCUT2D eigenvalue weighted by atomic mass is 19.4. The number of alkyl halides is 3. The van der Waals surface area contributed by atoms with Crippen LogP contribution < -0.4 is 11.2 Å². The van der Waals surface area contributed by atoms with Crippen molar-refractivity contribution in [3.05, 3.63) is 68.6 Å². The SMILES string of the molecule is CN(C)/C=C\C(=O)c1nn(-c2ccc(C(F)(F)F)cc2)c(=O)n(C)c1=O. The van der Waals surface area contributed by atoms with E-state index in [1.165, 1.54) is 6.20 Å². The first-order valence-corrected chi connectivity index (χ1v) is 7.29. The molecule has 1 heterocycles. The van der Waals surface area contributed by atoms with Gasteiger partial charge >= 0.3 is 11.9 Å². The molecular weight excluding hydrogens is 353 g/mol. The van der Waals surface area contributed by atoms with E-state index in [2.05, 4.69) is 5.10 Å². The summed E-state index contributed by atoms with van der Waals surface area (Å²) in [5, 5.41) is 3.74. The maximum atomic E-state index is 12.7. The zero-order valence-corrected chi connectivity index (χ0v) is 14.1. The van der Waals surface area contributed by atoms with Crippen molar-refractivity contribution in [1.29, 1.82) is 0 Å². The third kappa shape index (κ3) is 3.90. The number of carbonyl (C=O) groups excluding carboxylic acids is 1. The third-order valence-electron chi connectivity index (χ3n) is 3.37. The summed E-state index contributed by atoms with van der Waals surface area (Å²) < 4.78 is 39.3. The molecule has 0 radical (unpaired) electrons. The van der Waals surface area contributed by atoms with Crippen molar-refractivity contribution in [2.45, 2.75) is 6.18 Å². The zero-order chi connectivity index (χ0) is 19.6. The molecule has 7 nitrogen and oxygen atoms in total. The molecule has 10 heteroatoms. The monoisotopic (exact) mass is 368 g/mol. The van der Waals surface area contributed by atoms with Crippen molar-refractivity contribution in [2.75, 3.05) is 14.1 Å². The van der Waals surface area contributed by atoms with Crippen LogP contribution in [0.3, 0.4) is 0 Å². The van der Waals surface area contributed by atoms with Crippen LogP contribution in [0.4, 0.5) is 13.2 Å². The van der Waals surface area contributed by atoms with Crippen LogP contribution >= 0.6 is 0 Å². The summed E-state index contributed by atoms with van der Waals surface area (Å²) in [5.41, 5.74) is -3.21. The molecule has 0 aliphatic carbocycles. The highest BCUT2D eigenvalue weighted by Gasteiger charge is 2.30. The van der Waals surface area contributed by atoms with Crippen molar-refractivity contribution in [1.82, 2.24) is 19.2 Å². The molecule has 0 aliphatic rings. The Bertz CT molecular complexity index is 970. The van der Waals surface area contributed by atoms with Gasteiger partial charge in [0, 0.05) is 33.4 Å². The third-order valence-corrected chi connectivity index (χ3v) is 3.37. The minimum atomic E-state index is -4.53. The Morgan fingerprint density at radius 3 is 2.23 bits per heavy atom. The number of rotatable bonds is 4. The number of halogens is 3. The molecule has 26 heavy (non-hydrogen) atoms. The van der Waals surface area contributed by atoms with E-state index < -0.39 is 34.5 Å². The molecule has 0 amide bonds. The number of hydrogen-bond donors (Lipinski definition) is 0. The molecule has 2 aromatic rings. The molecule has 0 atom stereocenters. The lowest BCUT2D eigenvalue weighted by Gasteiger charge is -2.10. The van der Waals surface area contributed by atoms with E-state index in [1.807, 2.05) is 0 Å². The van der Waals surface area contributed by atoms with Crippen LogP contribution in [0.5, 0.6) is 0 Å². The van der Waals surface area contributed by atoms with Crippen LogP contribution in [-0.2, 0) is 13.2 Å². The fraction of sp³-hybridized carbons (Fsp3) is 0.250. The molecule has 1 aromatic carbocycles. The van der Waals surface area contributed by atoms with Crippen molar-refractivity contribution >= 4 is 5.78 Å². The van der Waals surface area contributed by atoms with E-state index in [1.54, 1.807) is 19.0 Å². The lowest BCUT2D eigenvalue weighted by molar-refractivity contribution is -0.137. The van der Waals surface area contributed by atoms with E-state index in [4.69, 9.17) is 0 Å². The Labute approximate surface area is 145 Å². The number of carbonyl (C=O) groups is 1. The van der Waals surface area contributed by atoms with Gasteiger partial charge < -0.3 is 4.90 Å². The minimum absolute atomic E-state index is 0.00996. The predicted molar refractivity (Wildman–Crippen MR) is 87.2 cm³/mol. The van der Waals surface area contributed by atoms with Crippen molar-refractivity contribution < 1.29 is 18.0 Å². The number of ketones is 1. The Balaban J connectivity index is 2.58. The molecule has 0 spiro atoms. The molecule has 0 saturated carbocycles. The molecule has 0 N–H and O–H groups in total. The second-order valence-electron chi connectivity index (χ2n) is 5.60. The molecule has 138 valence electrons. The highest BCUT2D eigenvalue weighted by molar-refractivity contribution is 6.02. The van der Waals surface area contributed by atoms with E-state index >= 15 is 0 Å². The van der Waals surface area contributed by atoms with Crippen molar-refractivity contribution in [3.63, 3.8) is 0 Å². The van der Waals surface area contributed by atoms with Gasteiger partial charge in [0.2, 0.25) is 5.78 Å². The highest BCUT2D eigenvalue weighted by Crippen LogP contribution is 2.29. The van der Waals surface area contributed by atoms with Gasteiger partial charge in [-0.2, -0.15) is 23.0 Å². The summed E-state index contributed by atoms with van der Waals surface area (Å²) in [6.07, 6.45) is -2.03. The van der Waals surface area contributed by atoms with Crippen LogP contribution in [0.15, 0.2) is 46.1 Å². The van der Waals surface area contributed by atoms with Gasteiger partial charge in [-0.3, -0.25) is 14.2 Å². The molecule has 0 saturated heterocycles. The van der Waals surface area contributed by atoms with Crippen molar-refractivity contribution in [3.8, 4) is 5.69 Å². The average molecular weight is 368 g/mol. The molecule has 0 fully saturated rings. The fourth-order valence-corrected chi connectivity index (χ4v) is 1.98. The molecule has 1 aromatic heterocycles. The van der Waals surface area contributed by atoms with E-state index in [-0.39, 0.29) is 5.69 Å². The van der Waals surface area contributed by atoms with E-state index in [0.29, 0.717) is 9.25 Å². The first-order chi connectivity index (χ1) is 12.0. The van der Waals surface area contributed by atoms with Crippen LogP contribution in [0, 0.1) is 0 Å². The predicted octanol–water partition coefficient (Wildman–Crippen LogP) is 1.21. The second kappa shape index (κ2) is 6.98. The first kappa shape index (κ1) is 19.2. The van der Waals surface area contributed by atoms with Crippen LogP contribution in [-0.4, -0.2) is 39.1 Å². The molecular formula is C16H15F3N4O3. The Hall–Kier alpha value is -3.17. The Kier molecular flexibility index (Phi) is 5.15. The zero-order valence-electron chi connectivity index (χ0n) is 14.1. The smallest absolute Gasteiger partial charge is 0.383 e. The number of benzene rings is 1. The summed E-state index contributed by atoms with van der Waals surface area (Å²) in [6.45, 7) is 0. The van der Waals surface area contributed by atoms with Gasteiger partial charge in [0.1, 0.15) is 0 Å². The van der Waals surface area contributed by atoms with Gasteiger partial charge in [-0.25, -0.2) is 4.79 Å². The number of hydrogen-bond acceptors (Lipinski definition) is 5. The van der Waals surface area contributed by atoms with E-state index in [0.717, 1.165) is 37.4 Å². The molecule has 0 bridgehead atoms. The molecule has 2 rings (SSSR count). The standard InChI is InChI=1S/C16H15F3N4O3/c1-21(2)9-8-12(24)13-14(25)22(3)15(26)23(20-13)11-6-4-10(5-7-11)16(17,18)19/h4-9H,1-3H3/b9-8-. The lowest BCUT2D eigenvalue weighted by Crippen LogP contribution is -2.42. The van der Waals surface area contributed by atoms with Gasteiger partial charge in [-0.1, -0.05) is 0 Å². The van der Waals surface area contributed by atoms with Crippen molar-refractivity contribution in [2.24, 2.45) is 7.05 Å². The fourth-order valence-electron chi connectivity index (χ4n) is 1.98. The normalized spacial score (nSPS) is 11.8. The quantitative estimate of drug-likeness (QED) is 0.599. The molecule has 0 unspecified atom stereocenters. The Morgan fingerprint density at radius 2 is 1.73 bits per heavy atom. The van der Waals surface area contributed by atoms with Crippen LogP contribution in [0.25, 0.3) is 5.69 Å². The van der Waals surface area contributed by atoms with Crippen LogP contribution in [0.2, 0.25) is 0 Å².